The van der Waals surface area contributed by atoms with E-state index in [1.165, 1.54) is 6.07 Å². The van der Waals surface area contributed by atoms with Crippen LogP contribution in [0.25, 0.3) is 0 Å². The summed E-state index contributed by atoms with van der Waals surface area (Å²) in [5.41, 5.74) is -0.0373. The van der Waals surface area contributed by atoms with Crippen molar-refractivity contribution in [2.75, 3.05) is 0 Å². The van der Waals surface area contributed by atoms with Crippen molar-refractivity contribution in [1.82, 2.24) is 0 Å². The fraction of sp³-hybridized carbons (Fsp3) is 0.455. The van der Waals surface area contributed by atoms with Crippen LogP contribution in [0, 0.1) is 5.82 Å². The van der Waals surface area contributed by atoms with E-state index in [4.69, 9.17) is 0 Å². The molecule has 1 fully saturated rings. The van der Waals surface area contributed by atoms with Gasteiger partial charge in [0.15, 0.2) is 0 Å². The third-order valence-electron chi connectivity index (χ3n) is 2.82. The Morgan fingerprint density at radius 1 is 1.43 bits per heavy atom. The lowest BCUT2D eigenvalue weighted by Gasteiger charge is -2.36. The first-order chi connectivity index (χ1) is 6.59. The molecule has 1 nitrogen and oxygen atoms in total. The number of halogens is 2. The quantitative estimate of drug-likeness (QED) is 0.865. The van der Waals surface area contributed by atoms with Gasteiger partial charge >= 0.3 is 0 Å². The van der Waals surface area contributed by atoms with Crippen molar-refractivity contribution in [3.05, 3.63) is 34.1 Å². The van der Waals surface area contributed by atoms with Gasteiger partial charge in [0, 0.05) is 10.9 Å². The first kappa shape index (κ1) is 10.1. The van der Waals surface area contributed by atoms with E-state index >= 15 is 0 Å². The molecule has 0 amide bonds. The molecular weight excluding hydrogens is 247 g/mol. The first-order valence-electron chi connectivity index (χ1n) is 4.75. The molecule has 0 unspecified atom stereocenters. The summed E-state index contributed by atoms with van der Waals surface area (Å²) in [5.74, 6) is -0.236. The van der Waals surface area contributed by atoms with Crippen LogP contribution in [-0.4, -0.2) is 10.7 Å². The molecule has 76 valence electrons. The summed E-state index contributed by atoms with van der Waals surface area (Å²) < 4.78 is 14.1. The zero-order valence-corrected chi connectivity index (χ0v) is 9.35. The Kier molecular flexibility index (Phi) is 2.62. The molecule has 1 N–H and O–H groups in total. The van der Waals surface area contributed by atoms with Crippen molar-refractivity contribution in [1.29, 1.82) is 0 Å². The third kappa shape index (κ3) is 1.98. The normalized spacial score (nSPS) is 19.1. The molecule has 14 heavy (non-hydrogen) atoms. The highest BCUT2D eigenvalue weighted by molar-refractivity contribution is 9.10. The van der Waals surface area contributed by atoms with Gasteiger partial charge in [-0.25, -0.2) is 4.39 Å². The fourth-order valence-electron chi connectivity index (χ4n) is 1.78. The number of benzene rings is 1. The van der Waals surface area contributed by atoms with Crippen molar-refractivity contribution in [2.45, 2.75) is 31.3 Å². The average molecular weight is 259 g/mol. The van der Waals surface area contributed by atoms with E-state index in [0.717, 1.165) is 23.7 Å². The first-order valence-corrected chi connectivity index (χ1v) is 5.55. The van der Waals surface area contributed by atoms with Crippen molar-refractivity contribution in [3.8, 4) is 0 Å². The van der Waals surface area contributed by atoms with E-state index in [1.54, 1.807) is 12.1 Å². The summed E-state index contributed by atoms with van der Waals surface area (Å²) in [5, 5.41) is 9.88. The molecule has 0 spiro atoms. The van der Waals surface area contributed by atoms with Crippen LogP contribution in [0.5, 0.6) is 0 Å². The molecule has 0 bridgehead atoms. The van der Waals surface area contributed by atoms with Gasteiger partial charge in [0.1, 0.15) is 5.82 Å². The highest BCUT2D eigenvalue weighted by Gasteiger charge is 2.34. The zero-order valence-electron chi connectivity index (χ0n) is 7.76. The highest BCUT2D eigenvalue weighted by atomic mass is 79.9. The van der Waals surface area contributed by atoms with Gasteiger partial charge in [-0.1, -0.05) is 22.0 Å². The van der Waals surface area contributed by atoms with Crippen LogP contribution in [0.15, 0.2) is 22.7 Å². The molecule has 0 aliphatic heterocycles. The molecule has 0 aromatic heterocycles. The van der Waals surface area contributed by atoms with Crippen LogP contribution in [0.2, 0.25) is 0 Å². The molecule has 1 aliphatic carbocycles. The fourth-order valence-corrected chi connectivity index (χ4v) is 2.11. The Balaban J connectivity index is 2.16. The van der Waals surface area contributed by atoms with E-state index in [1.807, 2.05) is 0 Å². The van der Waals surface area contributed by atoms with Crippen molar-refractivity contribution < 1.29 is 9.50 Å². The van der Waals surface area contributed by atoms with Crippen LogP contribution < -0.4 is 0 Å². The van der Waals surface area contributed by atoms with Gasteiger partial charge in [-0.3, -0.25) is 0 Å². The van der Waals surface area contributed by atoms with Crippen LogP contribution in [-0.2, 0) is 6.42 Å². The monoisotopic (exact) mass is 258 g/mol. The second-order valence-corrected chi connectivity index (χ2v) is 4.91. The van der Waals surface area contributed by atoms with Crippen molar-refractivity contribution >= 4 is 15.9 Å². The van der Waals surface area contributed by atoms with Gasteiger partial charge in [-0.15, -0.1) is 0 Å². The maximum absolute atomic E-state index is 13.4. The van der Waals surface area contributed by atoms with Crippen molar-refractivity contribution in [2.24, 2.45) is 0 Å². The summed E-state index contributed by atoms with van der Waals surface area (Å²) in [4.78, 5) is 0. The van der Waals surface area contributed by atoms with E-state index in [0.29, 0.717) is 12.0 Å². The summed E-state index contributed by atoms with van der Waals surface area (Å²) in [6.07, 6.45) is 3.08. The van der Waals surface area contributed by atoms with E-state index in [9.17, 15) is 9.50 Å². The van der Waals surface area contributed by atoms with Gasteiger partial charge in [0.05, 0.1) is 5.60 Å². The lowest BCUT2D eigenvalue weighted by molar-refractivity contribution is -0.0329. The summed E-state index contributed by atoms with van der Waals surface area (Å²) in [7, 11) is 0. The molecular formula is C11H12BrFO. The second-order valence-electron chi connectivity index (χ2n) is 3.99. The lowest BCUT2D eigenvalue weighted by atomic mass is 9.76. The Labute approximate surface area is 91.1 Å². The maximum atomic E-state index is 13.4. The number of hydrogen-bond acceptors (Lipinski definition) is 1. The minimum absolute atomic E-state index is 0.236. The van der Waals surface area contributed by atoms with Crippen LogP contribution >= 0.6 is 15.9 Å². The minimum Gasteiger partial charge on any atom is -0.390 e. The van der Waals surface area contributed by atoms with Gasteiger partial charge in [0.2, 0.25) is 0 Å². The Bertz CT molecular complexity index is 347. The SMILES string of the molecule is OC1(Cc2ccc(Br)cc2F)CCC1. The molecule has 1 aliphatic rings. The second kappa shape index (κ2) is 3.63. The molecule has 2 rings (SSSR count). The molecule has 0 heterocycles. The summed E-state index contributed by atoms with van der Waals surface area (Å²) in [6, 6.07) is 4.98. The standard InChI is InChI=1S/C11H12BrFO/c12-9-3-2-8(10(13)6-9)7-11(14)4-1-5-11/h2-3,6,14H,1,4-5,7H2. The zero-order chi connectivity index (χ0) is 10.2. The predicted molar refractivity (Wildman–Crippen MR) is 56.6 cm³/mol. The van der Waals surface area contributed by atoms with E-state index < -0.39 is 5.60 Å². The minimum atomic E-state index is -0.644. The van der Waals surface area contributed by atoms with Crippen LogP contribution in [0.4, 0.5) is 4.39 Å². The lowest BCUT2D eigenvalue weighted by Crippen LogP contribution is -2.39. The maximum Gasteiger partial charge on any atom is 0.127 e. The smallest absolute Gasteiger partial charge is 0.127 e. The topological polar surface area (TPSA) is 20.2 Å². The van der Waals surface area contributed by atoms with E-state index in [2.05, 4.69) is 15.9 Å². The summed E-state index contributed by atoms with van der Waals surface area (Å²) >= 11 is 3.20. The molecule has 1 saturated carbocycles. The van der Waals surface area contributed by atoms with Gasteiger partial charge in [-0.05, 0) is 37.0 Å². The molecule has 3 heteroatoms. The number of hydrogen-bond donors (Lipinski definition) is 1. The predicted octanol–water partition coefficient (Wildman–Crippen LogP) is 3.05. The molecule has 0 saturated heterocycles. The molecule has 0 radical (unpaired) electrons. The average Bonchev–Trinajstić information content (AvgIpc) is 2.07. The largest absolute Gasteiger partial charge is 0.390 e. The summed E-state index contributed by atoms with van der Waals surface area (Å²) in [6.45, 7) is 0. The highest BCUT2D eigenvalue weighted by Crippen LogP contribution is 2.35. The molecule has 1 aromatic rings. The Morgan fingerprint density at radius 2 is 2.14 bits per heavy atom. The third-order valence-corrected chi connectivity index (χ3v) is 3.31. The van der Waals surface area contributed by atoms with Gasteiger partial charge in [0.25, 0.3) is 0 Å². The molecule has 0 atom stereocenters. The van der Waals surface area contributed by atoms with Crippen LogP contribution in [0.1, 0.15) is 24.8 Å². The van der Waals surface area contributed by atoms with Gasteiger partial charge < -0.3 is 5.11 Å². The van der Waals surface area contributed by atoms with E-state index in [-0.39, 0.29) is 5.82 Å². The van der Waals surface area contributed by atoms with Gasteiger partial charge in [-0.2, -0.15) is 0 Å². The molecule has 1 aromatic carbocycles. The Morgan fingerprint density at radius 3 is 2.64 bits per heavy atom. The van der Waals surface area contributed by atoms with Crippen molar-refractivity contribution in [3.63, 3.8) is 0 Å². The number of rotatable bonds is 2. The van der Waals surface area contributed by atoms with Crippen LogP contribution in [0.3, 0.4) is 0 Å². The number of aliphatic hydroxyl groups is 1. The Hall–Kier alpha value is -0.410.